The minimum Gasteiger partial charge on any atom is -0.370 e. The van der Waals surface area contributed by atoms with E-state index in [0.717, 1.165) is 19.5 Å². The summed E-state index contributed by atoms with van der Waals surface area (Å²) in [5, 5.41) is 0. The molecule has 0 saturated heterocycles. The molecule has 0 saturated carbocycles. The smallest absolute Gasteiger partial charge is 0.0399 e. The lowest BCUT2D eigenvalue weighted by molar-refractivity contribution is 0.590. The van der Waals surface area contributed by atoms with Crippen molar-refractivity contribution in [2.75, 3.05) is 23.9 Å². The maximum Gasteiger partial charge on any atom is 0.0399 e. The van der Waals surface area contributed by atoms with Gasteiger partial charge in [0.15, 0.2) is 0 Å². The second-order valence-corrected chi connectivity index (χ2v) is 5.85. The summed E-state index contributed by atoms with van der Waals surface area (Å²) in [4.78, 5) is 2.35. The summed E-state index contributed by atoms with van der Waals surface area (Å²) in [5.41, 5.74) is 2.88. The van der Waals surface area contributed by atoms with Gasteiger partial charge >= 0.3 is 0 Å². The van der Waals surface area contributed by atoms with Crippen molar-refractivity contribution < 1.29 is 0 Å². The van der Waals surface area contributed by atoms with Crippen molar-refractivity contribution in [1.29, 1.82) is 0 Å². The molecule has 1 aromatic carbocycles. The monoisotopic (exact) mass is 253 g/mol. The first-order chi connectivity index (χ1) is 7.99. The Hall–Kier alpha value is -0.690. The predicted molar refractivity (Wildman–Crippen MR) is 78.4 cm³/mol. The number of nitrogens with zero attached hydrogens (tertiary/aromatic N) is 1. The van der Waals surface area contributed by atoms with Crippen LogP contribution in [0.1, 0.15) is 39.7 Å². The van der Waals surface area contributed by atoms with Gasteiger partial charge in [0.2, 0.25) is 0 Å². The van der Waals surface area contributed by atoms with Gasteiger partial charge in [0.05, 0.1) is 0 Å². The highest BCUT2D eigenvalue weighted by atomic mass is 35.5. The van der Waals surface area contributed by atoms with E-state index in [1.165, 1.54) is 11.3 Å². The number of hydrogen-bond donors (Lipinski definition) is 0. The van der Waals surface area contributed by atoms with Gasteiger partial charge in [-0.05, 0) is 29.5 Å². The molecule has 0 aliphatic carbocycles. The molecule has 0 aromatic heterocycles. The number of rotatable bonds is 5. The molecular formula is C15H24ClN. The molecule has 2 heteroatoms. The Balaban J connectivity index is 2.84. The van der Waals surface area contributed by atoms with E-state index in [9.17, 15) is 0 Å². The van der Waals surface area contributed by atoms with Gasteiger partial charge < -0.3 is 4.90 Å². The third kappa shape index (κ3) is 4.23. The van der Waals surface area contributed by atoms with Gasteiger partial charge in [-0.3, -0.25) is 0 Å². The summed E-state index contributed by atoms with van der Waals surface area (Å²) < 4.78 is 0. The molecule has 0 fully saturated rings. The maximum atomic E-state index is 5.84. The zero-order valence-electron chi connectivity index (χ0n) is 11.5. The highest BCUT2D eigenvalue weighted by molar-refractivity contribution is 6.18. The molecule has 1 nitrogen and oxygen atoms in total. The van der Waals surface area contributed by atoms with Crippen LogP contribution in [0.5, 0.6) is 0 Å². The van der Waals surface area contributed by atoms with Crippen molar-refractivity contribution in [3.05, 3.63) is 29.8 Å². The van der Waals surface area contributed by atoms with Crippen molar-refractivity contribution in [3.8, 4) is 0 Å². The van der Waals surface area contributed by atoms with Gasteiger partial charge in [-0.1, -0.05) is 39.8 Å². The molecular weight excluding hydrogens is 230 g/mol. The van der Waals surface area contributed by atoms with Crippen LogP contribution in [0.15, 0.2) is 24.3 Å². The van der Waals surface area contributed by atoms with Crippen LogP contribution in [0.2, 0.25) is 0 Å². The summed E-state index contributed by atoms with van der Waals surface area (Å²) in [6.45, 7) is 10.9. The summed E-state index contributed by atoms with van der Waals surface area (Å²) in [6.07, 6.45) is 1.15. The van der Waals surface area contributed by atoms with Crippen molar-refractivity contribution in [3.63, 3.8) is 0 Å². The molecule has 0 bridgehead atoms. The molecule has 0 aliphatic heterocycles. The molecule has 1 aromatic rings. The Labute approximate surface area is 111 Å². The first-order valence-corrected chi connectivity index (χ1v) is 6.94. The lowest BCUT2D eigenvalue weighted by Crippen LogP contribution is -2.26. The second kappa shape index (κ2) is 6.30. The quantitative estimate of drug-likeness (QED) is 0.702. The van der Waals surface area contributed by atoms with Crippen molar-refractivity contribution in [1.82, 2.24) is 0 Å². The highest BCUT2D eigenvalue weighted by Crippen LogP contribution is 2.25. The number of alkyl halides is 1. The van der Waals surface area contributed by atoms with Crippen LogP contribution >= 0.6 is 11.6 Å². The molecule has 0 atom stereocenters. The molecule has 0 unspecified atom stereocenters. The Morgan fingerprint density at radius 1 is 1.06 bits per heavy atom. The van der Waals surface area contributed by atoms with Crippen LogP contribution in [0.4, 0.5) is 5.69 Å². The van der Waals surface area contributed by atoms with Crippen LogP contribution in [0.25, 0.3) is 0 Å². The largest absolute Gasteiger partial charge is 0.370 e. The molecule has 0 aliphatic rings. The highest BCUT2D eigenvalue weighted by Gasteiger charge is 2.13. The third-order valence-electron chi connectivity index (χ3n) is 2.95. The molecule has 0 N–H and O–H groups in total. The molecule has 0 spiro atoms. The van der Waals surface area contributed by atoms with Crippen LogP contribution < -0.4 is 4.90 Å². The van der Waals surface area contributed by atoms with Gasteiger partial charge in [0.1, 0.15) is 0 Å². The molecule has 0 amide bonds. The van der Waals surface area contributed by atoms with Crippen LogP contribution in [0, 0.1) is 0 Å². The zero-order valence-corrected chi connectivity index (χ0v) is 12.2. The van der Waals surface area contributed by atoms with Crippen LogP contribution in [-0.2, 0) is 5.41 Å². The molecule has 0 heterocycles. The summed E-state index contributed by atoms with van der Waals surface area (Å²) in [5.74, 6) is 0.682. The minimum atomic E-state index is 0.223. The molecule has 0 radical (unpaired) electrons. The Morgan fingerprint density at radius 2 is 1.65 bits per heavy atom. The van der Waals surface area contributed by atoms with E-state index in [0.29, 0.717) is 5.88 Å². The van der Waals surface area contributed by atoms with Crippen molar-refractivity contribution in [2.45, 2.75) is 39.5 Å². The van der Waals surface area contributed by atoms with Gasteiger partial charge in [-0.15, -0.1) is 11.6 Å². The first kappa shape index (κ1) is 14.4. The van der Waals surface area contributed by atoms with Crippen molar-refractivity contribution in [2.24, 2.45) is 0 Å². The second-order valence-electron chi connectivity index (χ2n) is 5.47. The van der Waals surface area contributed by atoms with E-state index in [-0.39, 0.29) is 5.41 Å². The fourth-order valence-corrected chi connectivity index (χ4v) is 2.12. The normalized spacial score (nSPS) is 11.6. The Kier molecular flexibility index (Phi) is 5.32. The van der Waals surface area contributed by atoms with Gasteiger partial charge in [-0.25, -0.2) is 0 Å². The SMILES string of the molecule is CCCN(CCCl)c1ccc(C(C)(C)C)cc1. The lowest BCUT2D eigenvalue weighted by Gasteiger charge is -2.25. The number of hydrogen-bond acceptors (Lipinski definition) is 1. The number of halogens is 1. The van der Waals surface area contributed by atoms with E-state index < -0.39 is 0 Å². The molecule has 1 rings (SSSR count). The summed E-state index contributed by atoms with van der Waals surface area (Å²) in [6, 6.07) is 8.88. The number of anilines is 1. The Morgan fingerprint density at radius 3 is 2.06 bits per heavy atom. The van der Waals surface area contributed by atoms with E-state index >= 15 is 0 Å². The minimum absolute atomic E-state index is 0.223. The fraction of sp³-hybridized carbons (Fsp3) is 0.600. The predicted octanol–water partition coefficient (Wildman–Crippen LogP) is 4.44. The third-order valence-corrected chi connectivity index (χ3v) is 3.12. The van der Waals surface area contributed by atoms with Crippen LogP contribution in [-0.4, -0.2) is 19.0 Å². The Bertz CT molecular complexity index is 318. The lowest BCUT2D eigenvalue weighted by atomic mass is 9.87. The fourth-order valence-electron chi connectivity index (χ4n) is 1.91. The topological polar surface area (TPSA) is 3.24 Å². The van der Waals surface area contributed by atoms with Crippen molar-refractivity contribution >= 4 is 17.3 Å². The van der Waals surface area contributed by atoms with E-state index in [1.807, 2.05) is 0 Å². The summed E-state index contributed by atoms with van der Waals surface area (Å²) in [7, 11) is 0. The average molecular weight is 254 g/mol. The van der Waals surface area contributed by atoms with E-state index in [1.54, 1.807) is 0 Å². The zero-order chi connectivity index (χ0) is 12.9. The van der Waals surface area contributed by atoms with E-state index in [4.69, 9.17) is 11.6 Å². The van der Waals surface area contributed by atoms with Gasteiger partial charge in [0, 0.05) is 24.7 Å². The maximum absolute atomic E-state index is 5.84. The van der Waals surface area contributed by atoms with Gasteiger partial charge in [-0.2, -0.15) is 0 Å². The average Bonchev–Trinajstić information content (AvgIpc) is 2.28. The molecule has 96 valence electrons. The first-order valence-electron chi connectivity index (χ1n) is 6.40. The van der Waals surface area contributed by atoms with Crippen LogP contribution in [0.3, 0.4) is 0 Å². The summed E-state index contributed by atoms with van der Waals surface area (Å²) >= 11 is 5.84. The standard InChI is InChI=1S/C15H24ClN/c1-5-11-17(12-10-16)14-8-6-13(7-9-14)15(2,3)4/h6-9H,5,10-12H2,1-4H3. The van der Waals surface area contributed by atoms with Gasteiger partial charge in [0.25, 0.3) is 0 Å². The molecule has 17 heavy (non-hydrogen) atoms. The number of benzene rings is 1. The van der Waals surface area contributed by atoms with E-state index in [2.05, 4.69) is 56.9 Å².